The molecule has 2 unspecified atom stereocenters. The fourth-order valence-corrected chi connectivity index (χ4v) is 4.50. The number of carbonyl (C=O) groups is 1. The second-order valence-electron chi connectivity index (χ2n) is 7.63. The smallest absolute Gasteiger partial charge is 0.231 e. The average molecular weight is 381 g/mol. The summed E-state index contributed by atoms with van der Waals surface area (Å²) in [5.41, 5.74) is 1.17. The largest absolute Gasteiger partial charge is 0.454 e. The van der Waals surface area contributed by atoms with Crippen LogP contribution in [0.5, 0.6) is 11.5 Å². The van der Waals surface area contributed by atoms with Gasteiger partial charge in [0.25, 0.3) is 0 Å². The zero-order valence-electron chi connectivity index (χ0n) is 15.4. The van der Waals surface area contributed by atoms with Crippen molar-refractivity contribution in [3.05, 3.63) is 23.8 Å². The van der Waals surface area contributed by atoms with E-state index in [1.54, 1.807) is 0 Å². The highest BCUT2D eigenvalue weighted by molar-refractivity contribution is 5.85. The van der Waals surface area contributed by atoms with Crippen molar-refractivity contribution in [2.24, 2.45) is 11.8 Å². The molecule has 0 saturated carbocycles. The van der Waals surface area contributed by atoms with Crippen LogP contribution >= 0.6 is 12.4 Å². The van der Waals surface area contributed by atoms with Crippen LogP contribution in [0.2, 0.25) is 0 Å². The van der Waals surface area contributed by atoms with Gasteiger partial charge in [0.15, 0.2) is 11.5 Å². The van der Waals surface area contributed by atoms with Gasteiger partial charge in [0, 0.05) is 13.0 Å². The molecule has 4 rings (SSSR count). The molecule has 0 radical (unpaired) electrons. The summed E-state index contributed by atoms with van der Waals surface area (Å²) in [6.45, 7) is 5.59. The number of benzene rings is 1. The number of carbonyl (C=O) groups excluding carboxylic acids is 1. The van der Waals surface area contributed by atoms with E-state index in [1.807, 2.05) is 6.07 Å². The third-order valence-corrected chi connectivity index (χ3v) is 6.04. The van der Waals surface area contributed by atoms with E-state index in [1.165, 1.54) is 18.4 Å². The number of rotatable bonds is 4. The maximum absolute atomic E-state index is 13.0. The van der Waals surface area contributed by atoms with Gasteiger partial charge in [0.2, 0.25) is 12.7 Å². The zero-order chi connectivity index (χ0) is 17.2. The summed E-state index contributed by atoms with van der Waals surface area (Å²) in [7, 11) is 0. The molecule has 144 valence electrons. The number of hydrogen-bond donors (Lipinski definition) is 1. The highest BCUT2D eigenvalue weighted by atomic mass is 35.5. The average Bonchev–Trinajstić information content (AvgIpc) is 3.30. The first kappa shape index (κ1) is 19.3. The summed E-state index contributed by atoms with van der Waals surface area (Å²) in [4.78, 5) is 15.1. The Balaban J connectivity index is 0.00000196. The molecule has 1 aromatic carbocycles. The van der Waals surface area contributed by atoms with E-state index in [-0.39, 0.29) is 18.4 Å². The second-order valence-corrected chi connectivity index (χ2v) is 7.63. The van der Waals surface area contributed by atoms with Crippen LogP contribution in [0, 0.1) is 11.8 Å². The lowest BCUT2D eigenvalue weighted by molar-refractivity contribution is -0.133. The molecule has 2 atom stereocenters. The third kappa shape index (κ3) is 3.94. The maximum Gasteiger partial charge on any atom is 0.231 e. The van der Waals surface area contributed by atoms with Gasteiger partial charge in [-0.1, -0.05) is 13.0 Å². The van der Waals surface area contributed by atoms with Crippen molar-refractivity contribution < 1.29 is 14.3 Å². The normalized spacial score (nSPS) is 23.6. The van der Waals surface area contributed by atoms with Crippen LogP contribution in [0.4, 0.5) is 0 Å². The van der Waals surface area contributed by atoms with E-state index in [0.29, 0.717) is 31.0 Å². The number of nitrogens with zero attached hydrogens (tertiary/aromatic N) is 1. The van der Waals surface area contributed by atoms with Crippen molar-refractivity contribution in [1.82, 2.24) is 10.2 Å². The SMILES string of the molecule is CC(CC(=O)N1CCCC1c1ccc2c(c1)OCO2)C1CCNCC1.Cl. The summed E-state index contributed by atoms with van der Waals surface area (Å²) in [5, 5.41) is 3.41. The quantitative estimate of drug-likeness (QED) is 0.868. The maximum atomic E-state index is 13.0. The molecule has 0 aromatic heterocycles. The predicted octanol–water partition coefficient (Wildman–Crippen LogP) is 3.53. The van der Waals surface area contributed by atoms with Gasteiger partial charge < -0.3 is 19.7 Å². The monoisotopic (exact) mass is 380 g/mol. The minimum absolute atomic E-state index is 0. The molecule has 2 saturated heterocycles. The summed E-state index contributed by atoms with van der Waals surface area (Å²) >= 11 is 0. The molecule has 2 fully saturated rings. The molecular weight excluding hydrogens is 352 g/mol. The topological polar surface area (TPSA) is 50.8 Å². The molecule has 3 aliphatic rings. The molecular formula is C20H29ClN2O3. The highest BCUT2D eigenvalue weighted by Crippen LogP contribution is 2.39. The number of piperidine rings is 1. The second kappa shape index (κ2) is 8.49. The van der Waals surface area contributed by atoms with Gasteiger partial charge in [-0.25, -0.2) is 0 Å². The van der Waals surface area contributed by atoms with Crippen LogP contribution in [-0.4, -0.2) is 37.2 Å². The molecule has 3 aliphatic heterocycles. The van der Waals surface area contributed by atoms with Gasteiger partial charge in [-0.3, -0.25) is 4.79 Å². The van der Waals surface area contributed by atoms with Crippen molar-refractivity contribution in [2.75, 3.05) is 26.4 Å². The molecule has 1 amide bonds. The molecule has 1 N–H and O–H groups in total. The zero-order valence-corrected chi connectivity index (χ0v) is 16.2. The number of nitrogens with one attached hydrogen (secondary N) is 1. The minimum Gasteiger partial charge on any atom is -0.454 e. The van der Waals surface area contributed by atoms with Crippen LogP contribution in [0.3, 0.4) is 0 Å². The summed E-state index contributed by atoms with van der Waals surface area (Å²) in [5.74, 6) is 3.06. The molecule has 26 heavy (non-hydrogen) atoms. The third-order valence-electron chi connectivity index (χ3n) is 6.04. The highest BCUT2D eigenvalue weighted by Gasteiger charge is 2.32. The van der Waals surface area contributed by atoms with Gasteiger partial charge >= 0.3 is 0 Å². The fourth-order valence-electron chi connectivity index (χ4n) is 4.50. The van der Waals surface area contributed by atoms with Crippen LogP contribution in [0.25, 0.3) is 0 Å². The van der Waals surface area contributed by atoms with Crippen molar-refractivity contribution in [2.45, 2.75) is 45.1 Å². The van der Waals surface area contributed by atoms with Crippen molar-refractivity contribution >= 4 is 18.3 Å². The number of ether oxygens (including phenoxy) is 2. The number of likely N-dealkylation sites (tertiary alicyclic amines) is 1. The molecule has 0 spiro atoms. The van der Waals surface area contributed by atoms with Gasteiger partial charge in [0.1, 0.15) is 0 Å². The van der Waals surface area contributed by atoms with Gasteiger partial charge in [0.05, 0.1) is 6.04 Å². The Bertz CT molecular complexity index is 633. The van der Waals surface area contributed by atoms with E-state index >= 15 is 0 Å². The van der Waals surface area contributed by atoms with Crippen LogP contribution in [0.15, 0.2) is 18.2 Å². The van der Waals surface area contributed by atoms with E-state index in [4.69, 9.17) is 9.47 Å². The van der Waals surface area contributed by atoms with Gasteiger partial charge in [-0.15, -0.1) is 12.4 Å². The molecule has 3 heterocycles. The lowest BCUT2D eigenvalue weighted by Crippen LogP contribution is -2.35. The van der Waals surface area contributed by atoms with E-state index in [9.17, 15) is 4.79 Å². The van der Waals surface area contributed by atoms with E-state index < -0.39 is 0 Å². The minimum atomic E-state index is 0. The Hall–Kier alpha value is -1.46. The lowest BCUT2D eigenvalue weighted by atomic mass is 9.84. The van der Waals surface area contributed by atoms with Gasteiger partial charge in [-0.2, -0.15) is 0 Å². The standard InChI is InChI=1S/C20H28N2O3.ClH/c1-14(15-6-8-21-9-7-15)11-20(23)22-10-2-3-17(22)16-4-5-18-19(12-16)25-13-24-18;/h4-5,12,14-15,17,21H,2-3,6-11,13H2,1H3;1H. The van der Waals surface area contributed by atoms with E-state index in [0.717, 1.165) is 44.0 Å². The van der Waals surface area contributed by atoms with Crippen molar-refractivity contribution in [3.8, 4) is 11.5 Å². The van der Waals surface area contributed by atoms with E-state index in [2.05, 4.69) is 29.3 Å². The molecule has 5 nitrogen and oxygen atoms in total. The lowest BCUT2D eigenvalue weighted by Gasteiger charge is -2.31. The predicted molar refractivity (Wildman–Crippen MR) is 103 cm³/mol. The Morgan fingerprint density at radius 1 is 1.23 bits per heavy atom. The summed E-state index contributed by atoms with van der Waals surface area (Å²) in [6, 6.07) is 6.28. The van der Waals surface area contributed by atoms with Crippen LogP contribution in [-0.2, 0) is 4.79 Å². The first-order valence-electron chi connectivity index (χ1n) is 9.62. The Labute approximate surface area is 161 Å². The van der Waals surface area contributed by atoms with Crippen molar-refractivity contribution in [3.63, 3.8) is 0 Å². The molecule has 1 aromatic rings. The summed E-state index contributed by atoms with van der Waals surface area (Å²) < 4.78 is 10.9. The number of hydrogen-bond acceptors (Lipinski definition) is 4. The molecule has 0 bridgehead atoms. The number of fused-ring (bicyclic) bond motifs is 1. The van der Waals surface area contributed by atoms with Gasteiger partial charge in [-0.05, 0) is 68.3 Å². The molecule has 6 heteroatoms. The molecule has 0 aliphatic carbocycles. The summed E-state index contributed by atoms with van der Waals surface area (Å²) in [6.07, 6.45) is 5.17. The number of amides is 1. The van der Waals surface area contributed by atoms with Crippen LogP contribution in [0.1, 0.15) is 50.6 Å². The fraction of sp³-hybridized carbons (Fsp3) is 0.650. The van der Waals surface area contributed by atoms with Crippen molar-refractivity contribution in [1.29, 1.82) is 0 Å². The Kier molecular flexibility index (Phi) is 6.30. The first-order chi connectivity index (χ1) is 12.2. The number of halogens is 1. The first-order valence-corrected chi connectivity index (χ1v) is 9.62. The van der Waals surface area contributed by atoms with Crippen LogP contribution < -0.4 is 14.8 Å². The Morgan fingerprint density at radius 2 is 2.00 bits per heavy atom. The Morgan fingerprint density at radius 3 is 2.81 bits per heavy atom.